The van der Waals surface area contributed by atoms with Crippen molar-refractivity contribution in [2.45, 2.75) is 44.2 Å². The molecular formula is C14H19FN2O2. The second kappa shape index (κ2) is 6.02. The van der Waals surface area contributed by atoms with Crippen molar-refractivity contribution >= 4 is 11.6 Å². The summed E-state index contributed by atoms with van der Waals surface area (Å²) in [6.45, 7) is 0. The zero-order chi connectivity index (χ0) is 13.8. The zero-order valence-electron chi connectivity index (χ0n) is 10.7. The van der Waals surface area contributed by atoms with Crippen LogP contribution in [0.25, 0.3) is 0 Å². The van der Waals surface area contributed by atoms with Gasteiger partial charge in [-0.3, -0.25) is 4.79 Å². The van der Waals surface area contributed by atoms with E-state index < -0.39 is 17.8 Å². The van der Waals surface area contributed by atoms with Crippen molar-refractivity contribution in [3.63, 3.8) is 0 Å². The molecule has 0 radical (unpaired) electrons. The molecule has 2 unspecified atom stereocenters. The van der Waals surface area contributed by atoms with E-state index in [1.807, 2.05) is 0 Å². The summed E-state index contributed by atoms with van der Waals surface area (Å²) in [7, 11) is 0. The molecule has 4 N–H and O–H groups in total. The summed E-state index contributed by atoms with van der Waals surface area (Å²) in [6.07, 6.45) is 3.93. The minimum atomic E-state index is -0.536. The molecule has 1 aliphatic rings. The number of benzene rings is 1. The van der Waals surface area contributed by atoms with Crippen LogP contribution in [0, 0.1) is 5.82 Å². The molecule has 1 amide bonds. The first-order valence-electron chi connectivity index (χ1n) is 6.61. The lowest BCUT2D eigenvalue weighted by molar-refractivity contribution is 0.0818. The van der Waals surface area contributed by atoms with Gasteiger partial charge in [0, 0.05) is 11.3 Å². The van der Waals surface area contributed by atoms with Gasteiger partial charge in [-0.1, -0.05) is 19.3 Å². The predicted octanol–water partition coefficient (Wildman–Crippen LogP) is 1.83. The number of amides is 1. The number of carbonyl (C=O) groups excluding carboxylic acids is 1. The van der Waals surface area contributed by atoms with E-state index in [0.717, 1.165) is 37.8 Å². The van der Waals surface area contributed by atoms with Crippen LogP contribution >= 0.6 is 0 Å². The largest absolute Gasteiger partial charge is 0.399 e. The number of halogens is 1. The highest BCUT2D eigenvalue weighted by atomic mass is 19.1. The molecule has 1 aromatic carbocycles. The number of hydrogen-bond donors (Lipinski definition) is 3. The molecule has 0 aromatic heterocycles. The lowest BCUT2D eigenvalue weighted by Crippen LogP contribution is -2.42. The van der Waals surface area contributed by atoms with Gasteiger partial charge in [0.2, 0.25) is 0 Å². The standard InChI is InChI=1S/C14H19FN2O2/c15-10-6-9(7-11(16)8-10)14(19)17-12-4-2-1-3-5-13(12)18/h6-8,12-13,18H,1-5,16H2,(H,17,19). The van der Waals surface area contributed by atoms with E-state index in [9.17, 15) is 14.3 Å². The Bertz CT molecular complexity index is 445. The molecule has 0 bridgehead atoms. The Balaban J connectivity index is 2.07. The topological polar surface area (TPSA) is 75.4 Å². The van der Waals surface area contributed by atoms with Crippen LogP contribution in [-0.4, -0.2) is 23.2 Å². The van der Waals surface area contributed by atoms with Crippen LogP contribution in [0.5, 0.6) is 0 Å². The van der Waals surface area contributed by atoms with Gasteiger partial charge in [0.05, 0.1) is 12.1 Å². The van der Waals surface area contributed by atoms with Gasteiger partial charge in [-0.2, -0.15) is 0 Å². The van der Waals surface area contributed by atoms with E-state index in [2.05, 4.69) is 5.32 Å². The Morgan fingerprint density at radius 1 is 1.26 bits per heavy atom. The van der Waals surface area contributed by atoms with Crippen LogP contribution in [0.2, 0.25) is 0 Å². The minimum Gasteiger partial charge on any atom is -0.399 e. The number of anilines is 1. The maximum absolute atomic E-state index is 13.2. The maximum Gasteiger partial charge on any atom is 0.251 e. The zero-order valence-corrected chi connectivity index (χ0v) is 10.7. The Labute approximate surface area is 111 Å². The summed E-state index contributed by atoms with van der Waals surface area (Å²) >= 11 is 0. The molecule has 1 saturated carbocycles. The number of rotatable bonds is 2. The van der Waals surface area contributed by atoms with Crippen molar-refractivity contribution in [2.24, 2.45) is 0 Å². The molecule has 1 aromatic rings. The van der Waals surface area contributed by atoms with Gasteiger partial charge in [0.1, 0.15) is 5.82 Å². The van der Waals surface area contributed by atoms with E-state index in [0.29, 0.717) is 6.42 Å². The Hall–Kier alpha value is -1.62. The highest BCUT2D eigenvalue weighted by Crippen LogP contribution is 2.19. The first-order valence-corrected chi connectivity index (χ1v) is 6.61. The van der Waals surface area contributed by atoms with Gasteiger partial charge < -0.3 is 16.2 Å². The number of aliphatic hydroxyl groups is 1. The Morgan fingerprint density at radius 2 is 2.00 bits per heavy atom. The van der Waals surface area contributed by atoms with Crippen molar-refractivity contribution < 1.29 is 14.3 Å². The fraction of sp³-hybridized carbons (Fsp3) is 0.500. The van der Waals surface area contributed by atoms with E-state index in [-0.39, 0.29) is 17.3 Å². The lowest BCUT2D eigenvalue weighted by atomic mass is 10.1. The third-order valence-electron chi connectivity index (χ3n) is 3.48. The van der Waals surface area contributed by atoms with E-state index in [4.69, 9.17) is 5.73 Å². The smallest absolute Gasteiger partial charge is 0.251 e. The van der Waals surface area contributed by atoms with Crippen molar-refractivity contribution in [3.8, 4) is 0 Å². The highest BCUT2D eigenvalue weighted by molar-refractivity contribution is 5.95. The van der Waals surface area contributed by atoms with Gasteiger partial charge in [-0.05, 0) is 31.0 Å². The van der Waals surface area contributed by atoms with Crippen LogP contribution in [0.1, 0.15) is 42.5 Å². The van der Waals surface area contributed by atoms with Gasteiger partial charge in [0.15, 0.2) is 0 Å². The summed E-state index contributed by atoms with van der Waals surface area (Å²) in [4.78, 5) is 12.0. The molecule has 2 rings (SSSR count). The van der Waals surface area contributed by atoms with Crippen LogP contribution < -0.4 is 11.1 Å². The quantitative estimate of drug-likeness (QED) is 0.564. The summed E-state index contributed by atoms with van der Waals surface area (Å²) in [5, 5.41) is 12.7. The van der Waals surface area contributed by atoms with Crippen molar-refractivity contribution in [3.05, 3.63) is 29.6 Å². The van der Waals surface area contributed by atoms with Crippen molar-refractivity contribution in [1.29, 1.82) is 0 Å². The molecule has 4 nitrogen and oxygen atoms in total. The normalized spacial score (nSPS) is 23.7. The molecular weight excluding hydrogens is 247 g/mol. The van der Waals surface area contributed by atoms with Crippen LogP contribution in [0.3, 0.4) is 0 Å². The number of nitrogen functional groups attached to an aromatic ring is 1. The van der Waals surface area contributed by atoms with Gasteiger partial charge >= 0.3 is 0 Å². The van der Waals surface area contributed by atoms with E-state index in [1.54, 1.807) is 0 Å². The second-order valence-corrected chi connectivity index (χ2v) is 5.06. The number of aliphatic hydroxyl groups excluding tert-OH is 1. The first-order chi connectivity index (χ1) is 9.06. The van der Waals surface area contributed by atoms with Crippen molar-refractivity contribution in [1.82, 2.24) is 5.32 Å². The monoisotopic (exact) mass is 266 g/mol. The predicted molar refractivity (Wildman–Crippen MR) is 71.2 cm³/mol. The first kappa shape index (κ1) is 13.8. The third kappa shape index (κ3) is 3.67. The Morgan fingerprint density at radius 3 is 2.74 bits per heavy atom. The molecule has 1 fully saturated rings. The molecule has 0 saturated heterocycles. The van der Waals surface area contributed by atoms with Gasteiger partial charge in [-0.15, -0.1) is 0 Å². The van der Waals surface area contributed by atoms with Crippen molar-refractivity contribution in [2.75, 3.05) is 5.73 Å². The second-order valence-electron chi connectivity index (χ2n) is 5.06. The molecule has 1 aliphatic carbocycles. The molecule has 5 heteroatoms. The summed E-state index contributed by atoms with van der Waals surface area (Å²) < 4.78 is 13.2. The summed E-state index contributed by atoms with van der Waals surface area (Å²) in [5.74, 6) is -0.927. The molecule has 2 atom stereocenters. The fourth-order valence-electron chi connectivity index (χ4n) is 2.45. The fourth-order valence-corrected chi connectivity index (χ4v) is 2.45. The van der Waals surface area contributed by atoms with E-state index >= 15 is 0 Å². The number of nitrogens with two attached hydrogens (primary N) is 1. The minimum absolute atomic E-state index is 0.189. The average Bonchev–Trinajstić information content (AvgIpc) is 2.54. The SMILES string of the molecule is Nc1cc(F)cc(C(=O)NC2CCCCCC2O)c1. The van der Waals surface area contributed by atoms with Crippen LogP contribution in [-0.2, 0) is 0 Å². The Kier molecular flexibility index (Phi) is 4.37. The number of nitrogens with one attached hydrogen (secondary N) is 1. The average molecular weight is 266 g/mol. The van der Waals surface area contributed by atoms with Crippen LogP contribution in [0.4, 0.5) is 10.1 Å². The van der Waals surface area contributed by atoms with Crippen LogP contribution in [0.15, 0.2) is 18.2 Å². The number of carbonyl (C=O) groups is 1. The van der Waals surface area contributed by atoms with Gasteiger partial charge in [0.25, 0.3) is 5.91 Å². The maximum atomic E-state index is 13.2. The molecule has 0 heterocycles. The molecule has 0 spiro atoms. The number of hydrogen-bond acceptors (Lipinski definition) is 3. The summed E-state index contributed by atoms with van der Waals surface area (Å²) in [6, 6.07) is 3.48. The molecule has 19 heavy (non-hydrogen) atoms. The lowest BCUT2D eigenvalue weighted by Gasteiger charge is -2.21. The van der Waals surface area contributed by atoms with Gasteiger partial charge in [-0.25, -0.2) is 4.39 Å². The molecule has 0 aliphatic heterocycles. The van der Waals surface area contributed by atoms with E-state index in [1.165, 1.54) is 6.07 Å². The highest BCUT2D eigenvalue weighted by Gasteiger charge is 2.23. The summed E-state index contributed by atoms with van der Waals surface area (Å²) in [5.41, 5.74) is 5.92. The third-order valence-corrected chi connectivity index (χ3v) is 3.48. The molecule has 104 valence electrons.